The fourth-order valence-corrected chi connectivity index (χ4v) is 4.83. The summed E-state index contributed by atoms with van der Waals surface area (Å²) < 4.78 is 32.4. The van der Waals surface area contributed by atoms with Crippen LogP contribution in [0.3, 0.4) is 0 Å². The second-order valence-corrected chi connectivity index (χ2v) is 9.23. The molecule has 0 saturated carbocycles. The Bertz CT molecular complexity index is 1030. The zero-order valence-electron chi connectivity index (χ0n) is 15.6. The van der Waals surface area contributed by atoms with E-state index >= 15 is 0 Å². The Kier molecular flexibility index (Phi) is 6.30. The van der Waals surface area contributed by atoms with Gasteiger partial charge in [-0.25, -0.2) is 8.42 Å². The summed E-state index contributed by atoms with van der Waals surface area (Å²) in [5, 5.41) is 12.4. The van der Waals surface area contributed by atoms with E-state index in [1.807, 2.05) is 0 Å². The summed E-state index contributed by atoms with van der Waals surface area (Å²) in [6.07, 6.45) is 0. The van der Waals surface area contributed by atoms with E-state index in [0.717, 1.165) is 5.56 Å². The molecule has 0 unspecified atom stereocenters. The minimum absolute atomic E-state index is 0.0820. The van der Waals surface area contributed by atoms with Gasteiger partial charge >= 0.3 is 0 Å². The van der Waals surface area contributed by atoms with Crippen LogP contribution in [-0.2, 0) is 14.8 Å². The van der Waals surface area contributed by atoms with Gasteiger partial charge < -0.3 is 19.7 Å². The van der Waals surface area contributed by atoms with Crippen LogP contribution in [0.1, 0.15) is 16.1 Å². The maximum atomic E-state index is 12.8. The Labute approximate surface area is 176 Å². The van der Waals surface area contributed by atoms with Crippen molar-refractivity contribution in [2.75, 3.05) is 32.7 Å². The van der Waals surface area contributed by atoms with Crippen LogP contribution < -0.4 is 5.32 Å². The molecule has 11 heteroatoms. The molecule has 1 fully saturated rings. The van der Waals surface area contributed by atoms with Crippen molar-refractivity contribution in [3.8, 4) is 5.75 Å². The maximum Gasteiger partial charge on any atom is 0.287 e. The van der Waals surface area contributed by atoms with Crippen LogP contribution in [0, 0.1) is 6.92 Å². The molecule has 2 N–H and O–H groups in total. The van der Waals surface area contributed by atoms with Crippen molar-refractivity contribution in [1.82, 2.24) is 14.5 Å². The first-order valence-electron chi connectivity index (χ1n) is 8.79. The van der Waals surface area contributed by atoms with Gasteiger partial charge in [0.05, 0.1) is 6.54 Å². The van der Waals surface area contributed by atoms with Crippen molar-refractivity contribution in [3.63, 3.8) is 0 Å². The summed E-state index contributed by atoms with van der Waals surface area (Å²) in [6, 6.07) is 7.45. The highest BCUT2D eigenvalue weighted by atomic mass is 79.9. The molecule has 0 bridgehead atoms. The van der Waals surface area contributed by atoms with E-state index in [4.69, 9.17) is 4.42 Å². The molecular formula is C18H20BrN3O6S. The zero-order chi connectivity index (χ0) is 21.2. The second-order valence-electron chi connectivity index (χ2n) is 6.54. The normalized spacial score (nSPS) is 15.3. The number of phenols is 1. The maximum absolute atomic E-state index is 12.8. The number of carbonyl (C=O) groups excluding carboxylic acids is 2. The second kappa shape index (κ2) is 8.56. The quantitative estimate of drug-likeness (QED) is 0.658. The third kappa shape index (κ3) is 4.80. The Morgan fingerprint density at radius 3 is 2.48 bits per heavy atom. The van der Waals surface area contributed by atoms with Gasteiger partial charge in [-0.1, -0.05) is 6.07 Å². The summed E-state index contributed by atoms with van der Waals surface area (Å²) in [5.41, 5.74) is 0.717. The molecule has 1 saturated heterocycles. The number of piperazine rings is 1. The molecule has 0 atom stereocenters. The lowest BCUT2D eigenvalue weighted by molar-refractivity contribution is -0.131. The molecule has 1 aliphatic heterocycles. The number of benzene rings is 1. The fraction of sp³-hybridized carbons (Fsp3) is 0.333. The van der Waals surface area contributed by atoms with Crippen LogP contribution in [0.5, 0.6) is 5.75 Å². The SMILES string of the molecule is Cc1ccc(O)c(S(=O)(=O)N2CCN(C(=O)CNC(=O)c3ccc(Br)o3)CC2)c1. The number of halogens is 1. The number of phenolic OH excluding ortho intramolecular Hbond substituents is 1. The lowest BCUT2D eigenvalue weighted by atomic mass is 10.2. The minimum atomic E-state index is -3.86. The van der Waals surface area contributed by atoms with Crippen LogP contribution in [-0.4, -0.2) is 67.3 Å². The summed E-state index contributed by atoms with van der Waals surface area (Å²) in [6.45, 7) is 2.09. The number of hydrogen-bond acceptors (Lipinski definition) is 6. The first kappa shape index (κ1) is 21.3. The largest absolute Gasteiger partial charge is 0.507 e. The number of nitrogens with zero attached hydrogens (tertiary/aromatic N) is 2. The van der Waals surface area contributed by atoms with Crippen molar-refractivity contribution < 1.29 is 27.5 Å². The van der Waals surface area contributed by atoms with Crippen molar-refractivity contribution >= 4 is 37.8 Å². The van der Waals surface area contributed by atoms with Gasteiger partial charge in [-0.3, -0.25) is 9.59 Å². The molecule has 1 aliphatic rings. The van der Waals surface area contributed by atoms with Gasteiger partial charge in [-0.15, -0.1) is 0 Å². The molecule has 0 aliphatic carbocycles. The lowest BCUT2D eigenvalue weighted by Crippen LogP contribution is -2.52. The number of amides is 2. The fourth-order valence-electron chi connectivity index (χ4n) is 2.94. The van der Waals surface area contributed by atoms with Gasteiger partial charge in [-0.2, -0.15) is 4.31 Å². The number of nitrogens with one attached hydrogen (secondary N) is 1. The van der Waals surface area contributed by atoms with E-state index in [-0.39, 0.29) is 55.0 Å². The van der Waals surface area contributed by atoms with E-state index in [9.17, 15) is 23.1 Å². The molecule has 156 valence electrons. The summed E-state index contributed by atoms with van der Waals surface area (Å²) in [7, 11) is -3.86. The molecule has 3 rings (SSSR count). The smallest absolute Gasteiger partial charge is 0.287 e. The van der Waals surface area contributed by atoms with Gasteiger partial charge in [0.2, 0.25) is 15.9 Å². The standard InChI is InChI=1S/C18H20BrN3O6S/c1-12-2-3-13(23)15(10-12)29(26,27)22-8-6-21(7-9-22)17(24)11-20-18(25)14-4-5-16(19)28-14/h2-5,10,23H,6-9,11H2,1H3,(H,20,25). The Hall–Kier alpha value is -2.37. The van der Waals surface area contributed by atoms with E-state index in [2.05, 4.69) is 21.2 Å². The molecule has 0 spiro atoms. The van der Waals surface area contributed by atoms with Crippen molar-refractivity contribution in [3.05, 3.63) is 46.3 Å². The predicted octanol–water partition coefficient (Wildman–Crippen LogP) is 1.32. The highest BCUT2D eigenvalue weighted by Crippen LogP contribution is 2.27. The molecule has 9 nitrogen and oxygen atoms in total. The minimum Gasteiger partial charge on any atom is -0.507 e. The highest BCUT2D eigenvalue weighted by molar-refractivity contribution is 9.10. The van der Waals surface area contributed by atoms with Crippen LogP contribution in [0.15, 0.2) is 44.3 Å². The molecule has 29 heavy (non-hydrogen) atoms. The number of furan rings is 1. The number of aryl methyl sites for hydroxylation is 1. The molecule has 2 aromatic rings. The molecule has 2 amide bonds. The monoisotopic (exact) mass is 485 g/mol. The van der Waals surface area contributed by atoms with E-state index in [1.165, 1.54) is 27.4 Å². The molecule has 0 radical (unpaired) electrons. The number of carbonyl (C=O) groups is 2. The molecule has 1 aromatic carbocycles. The average Bonchev–Trinajstić information content (AvgIpc) is 3.14. The molecular weight excluding hydrogens is 466 g/mol. The average molecular weight is 486 g/mol. The number of rotatable bonds is 5. The third-order valence-corrected chi connectivity index (χ3v) is 6.88. The summed E-state index contributed by atoms with van der Waals surface area (Å²) >= 11 is 3.10. The Morgan fingerprint density at radius 2 is 1.86 bits per heavy atom. The van der Waals surface area contributed by atoms with Crippen LogP contribution in [0.25, 0.3) is 0 Å². The topological polar surface area (TPSA) is 120 Å². The van der Waals surface area contributed by atoms with E-state index in [0.29, 0.717) is 4.67 Å². The van der Waals surface area contributed by atoms with Crippen LogP contribution in [0.4, 0.5) is 0 Å². The van der Waals surface area contributed by atoms with E-state index in [1.54, 1.807) is 19.1 Å². The zero-order valence-corrected chi connectivity index (χ0v) is 18.0. The number of hydrogen-bond donors (Lipinski definition) is 2. The lowest BCUT2D eigenvalue weighted by Gasteiger charge is -2.34. The van der Waals surface area contributed by atoms with Gasteiger partial charge in [-0.05, 0) is 52.7 Å². The van der Waals surface area contributed by atoms with Crippen molar-refractivity contribution in [2.45, 2.75) is 11.8 Å². The summed E-state index contributed by atoms with van der Waals surface area (Å²) in [5.74, 6) is -1.06. The predicted molar refractivity (Wildman–Crippen MR) is 107 cm³/mol. The van der Waals surface area contributed by atoms with Gasteiger partial charge in [0, 0.05) is 26.2 Å². The Morgan fingerprint density at radius 1 is 1.17 bits per heavy atom. The van der Waals surface area contributed by atoms with Crippen LogP contribution >= 0.6 is 15.9 Å². The third-order valence-electron chi connectivity index (χ3n) is 4.52. The Balaban J connectivity index is 1.56. The van der Waals surface area contributed by atoms with Crippen LogP contribution in [0.2, 0.25) is 0 Å². The molecule has 1 aromatic heterocycles. The number of aromatic hydroxyl groups is 1. The van der Waals surface area contributed by atoms with Crippen molar-refractivity contribution in [1.29, 1.82) is 0 Å². The van der Waals surface area contributed by atoms with Gasteiger partial charge in [0.1, 0.15) is 10.6 Å². The van der Waals surface area contributed by atoms with Crippen molar-refractivity contribution in [2.24, 2.45) is 0 Å². The summed E-state index contributed by atoms with van der Waals surface area (Å²) in [4.78, 5) is 25.6. The highest BCUT2D eigenvalue weighted by Gasteiger charge is 2.32. The first-order valence-corrected chi connectivity index (χ1v) is 11.0. The van der Waals surface area contributed by atoms with E-state index < -0.39 is 15.9 Å². The number of sulfonamides is 1. The van der Waals surface area contributed by atoms with Gasteiger partial charge in [0.25, 0.3) is 5.91 Å². The first-order chi connectivity index (χ1) is 13.7. The van der Waals surface area contributed by atoms with Gasteiger partial charge in [0.15, 0.2) is 10.4 Å². The molecule has 2 heterocycles.